The molecule has 5 rings (SSSR count). The number of pyridine rings is 1. The van der Waals surface area contributed by atoms with E-state index in [0.29, 0.717) is 22.8 Å². The monoisotopic (exact) mass is 539 g/mol. The fourth-order valence-corrected chi connectivity index (χ4v) is 4.12. The molecule has 4 N–H and O–H groups in total. The molecule has 3 amide bonds. The summed E-state index contributed by atoms with van der Waals surface area (Å²) in [4.78, 5) is 49.9. The van der Waals surface area contributed by atoms with Gasteiger partial charge in [0.2, 0.25) is 5.95 Å². The number of hydrogen-bond donors (Lipinski definition) is 4. The van der Waals surface area contributed by atoms with Gasteiger partial charge in [-0.1, -0.05) is 18.2 Å². The van der Waals surface area contributed by atoms with Gasteiger partial charge in [-0.2, -0.15) is 0 Å². The molecular formula is C28H25N7O5. The van der Waals surface area contributed by atoms with Crippen molar-refractivity contribution in [3.8, 4) is 11.3 Å². The van der Waals surface area contributed by atoms with Gasteiger partial charge in [-0.3, -0.25) is 19.4 Å². The molecule has 1 aliphatic rings. The first-order valence-electron chi connectivity index (χ1n) is 12.2. The summed E-state index contributed by atoms with van der Waals surface area (Å²) < 4.78 is 0. The van der Waals surface area contributed by atoms with E-state index in [9.17, 15) is 24.6 Å². The largest absolute Gasteiger partial charge is 0.351 e. The number of amides is 3. The van der Waals surface area contributed by atoms with Crippen molar-refractivity contribution < 1.29 is 24.6 Å². The van der Waals surface area contributed by atoms with Crippen LogP contribution in [0.25, 0.3) is 11.3 Å². The SMILES string of the molecule is Cc1ccc(NC(=O)c2ccc(CN3C(=O)C(O)(O)C(=O)N3C)cc2)cc1Nc1nccc(-c2ccncc2)n1. The van der Waals surface area contributed by atoms with Gasteiger partial charge in [0.1, 0.15) is 0 Å². The molecule has 0 aliphatic carbocycles. The molecule has 1 aliphatic heterocycles. The molecule has 4 aromatic rings. The van der Waals surface area contributed by atoms with Crippen molar-refractivity contribution in [2.75, 3.05) is 17.7 Å². The lowest BCUT2D eigenvalue weighted by molar-refractivity contribution is -0.186. The highest BCUT2D eigenvalue weighted by atomic mass is 16.5. The van der Waals surface area contributed by atoms with Gasteiger partial charge in [0.25, 0.3) is 5.91 Å². The summed E-state index contributed by atoms with van der Waals surface area (Å²) in [5, 5.41) is 27.2. The van der Waals surface area contributed by atoms with E-state index in [2.05, 4.69) is 25.6 Å². The fourth-order valence-electron chi connectivity index (χ4n) is 4.12. The van der Waals surface area contributed by atoms with Crippen LogP contribution in [0.4, 0.5) is 17.3 Å². The van der Waals surface area contributed by atoms with Crippen LogP contribution >= 0.6 is 0 Å². The second kappa shape index (κ2) is 10.5. The summed E-state index contributed by atoms with van der Waals surface area (Å²) in [6.45, 7) is 1.84. The lowest BCUT2D eigenvalue weighted by Gasteiger charge is -2.23. The van der Waals surface area contributed by atoms with Crippen molar-refractivity contribution in [3.63, 3.8) is 0 Å². The molecule has 2 aromatic carbocycles. The predicted molar refractivity (Wildman–Crippen MR) is 145 cm³/mol. The maximum absolute atomic E-state index is 12.9. The molecule has 12 heteroatoms. The van der Waals surface area contributed by atoms with Gasteiger partial charge in [0.05, 0.1) is 12.2 Å². The number of aryl methyl sites for hydroxylation is 1. The Kier molecular flexibility index (Phi) is 6.94. The molecule has 0 saturated carbocycles. The number of carbonyl (C=O) groups excluding carboxylic acids is 3. The van der Waals surface area contributed by atoms with Crippen molar-refractivity contribution in [2.24, 2.45) is 0 Å². The Labute approximate surface area is 228 Å². The number of hydrazine groups is 1. The van der Waals surface area contributed by atoms with E-state index in [1.165, 1.54) is 7.05 Å². The van der Waals surface area contributed by atoms with Crippen LogP contribution in [0.2, 0.25) is 0 Å². The van der Waals surface area contributed by atoms with Crippen molar-refractivity contribution in [2.45, 2.75) is 19.3 Å². The minimum atomic E-state index is -3.08. The van der Waals surface area contributed by atoms with Crippen molar-refractivity contribution >= 4 is 35.0 Å². The van der Waals surface area contributed by atoms with Crippen molar-refractivity contribution in [3.05, 3.63) is 95.9 Å². The molecule has 12 nitrogen and oxygen atoms in total. The van der Waals surface area contributed by atoms with Gasteiger partial charge >= 0.3 is 17.6 Å². The number of likely N-dealkylation sites (N-methyl/N-ethyl adjacent to an activating group) is 1. The molecule has 0 radical (unpaired) electrons. The van der Waals surface area contributed by atoms with Gasteiger partial charge in [-0.15, -0.1) is 0 Å². The number of aliphatic hydroxyl groups is 2. The summed E-state index contributed by atoms with van der Waals surface area (Å²) in [5.41, 5.74) is 4.79. The number of carbonyl (C=O) groups is 3. The first-order chi connectivity index (χ1) is 19.1. The number of nitrogens with zero attached hydrogens (tertiary/aromatic N) is 5. The number of hydrogen-bond acceptors (Lipinski definition) is 9. The molecule has 1 saturated heterocycles. The molecule has 1 fully saturated rings. The highest BCUT2D eigenvalue weighted by Crippen LogP contribution is 2.25. The van der Waals surface area contributed by atoms with Gasteiger partial charge < -0.3 is 20.8 Å². The van der Waals surface area contributed by atoms with E-state index in [4.69, 9.17) is 0 Å². The number of benzene rings is 2. The molecular weight excluding hydrogens is 514 g/mol. The van der Waals surface area contributed by atoms with Gasteiger partial charge in [-0.05, 0) is 60.5 Å². The minimum absolute atomic E-state index is 0.0801. The Morgan fingerprint density at radius 1 is 0.950 bits per heavy atom. The van der Waals surface area contributed by atoms with Gasteiger partial charge in [-0.25, -0.2) is 20.0 Å². The molecule has 0 atom stereocenters. The minimum Gasteiger partial charge on any atom is -0.351 e. The highest BCUT2D eigenvalue weighted by Gasteiger charge is 2.55. The van der Waals surface area contributed by atoms with Crippen LogP contribution in [-0.4, -0.2) is 65.7 Å². The van der Waals surface area contributed by atoms with Crippen LogP contribution in [0.5, 0.6) is 0 Å². The standard InChI is InChI=1S/C28H25N7O5/c1-17-3-8-21(15-23(17)33-27-30-14-11-22(32-27)19-9-12-29-13-10-19)31-24(36)20-6-4-18(5-7-20)16-35-26(38)28(39,40)25(37)34(35)2/h3-15,39-40H,16H2,1-2H3,(H,31,36)(H,30,32,33). The van der Waals surface area contributed by atoms with E-state index in [1.54, 1.807) is 55.0 Å². The summed E-state index contributed by atoms with van der Waals surface area (Å²) in [6, 6.07) is 17.3. The molecule has 0 unspecified atom stereocenters. The fraction of sp³-hybridized carbons (Fsp3) is 0.143. The van der Waals surface area contributed by atoms with Crippen LogP contribution in [0.1, 0.15) is 21.5 Å². The maximum Gasteiger partial charge on any atom is 0.330 e. The van der Waals surface area contributed by atoms with Crippen LogP contribution in [0.3, 0.4) is 0 Å². The molecule has 0 bridgehead atoms. The maximum atomic E-state index is 12.9. The normalized spacial score (nSPS) is 14.4. The van der Waals surface area contributed by atoms with Crippen molar-refractivity contribution in [1.82, 2.24) is 25.0 Å². The van der Waals surface area contributed by atoms with Crippen LogP contribution in [0.15, 0.2) is 79.3 Å². The van der Waals surface area contributed by atoms with E-state index in [-0.39, 0.29) is 12.5 Å². The average molecular weight is 540 g/mol. The topological polar surface area (TPSA) is 161 Å². The molecule has 2 aromatic heterocycles. The molecule has 202 valence electrons. The van der Waals surface area contributed by atoms with Gasteiger partial charge in [0.15, 0.2) is 0 Å². The zero-order chi connectivity index (χ0) is 28.4. The Bertz CT molecular complexity index is 1590. The third-order valence-electron chi connectivity index (χ3n) is 6.41. The number of nitrogens with one attached hydrogen (secondary N) is 2. The average Bonchev–Trinajstić information content (AvgIpc) is 3.10. The first kappa shape index (κ1) is 26.4. The highest BCUT2D eigenvalue weighted by molar-refractivity contribution is 6.10. The Balaban J connectivity index is 1.26. The summed E-state index contributed by atoms with van der Waals surface area (Å²) >= 11 is 0. The Morgan fingerprint density at radius 3 is 2.35 bits per heavy atom. The number of aromatic nitrogens is 3. The van der Waals surface area contributed by atoms with E-state index in [1.807, 2.05) is 31.2 Å². The predicted octanol–water partition coefficient (Wildman–Crippen LogP) is 2.24. The summed E-state index contributed by atoms with van der Waals surface area (Å²) in [7, 11) is 1.27. The van der Waals surface area contributed by atoms with Crippen LogP contribution < -0.4 is 10.6 Å². The zero-order valence-corrected chi connectivity index (χ0v) is 21.6. The van der Waals surface area contributed by atoms with E-state index >= 15 is 0 Å². The van der Waals surface area contributed by atoms with E-state index in [0.717, 1.165) is 32.5 Å². The van der Waals surface area contributed by atoms with Gasteiger partial charge in [0, 0.05) is 48.1 Å². The third kappa shape index (κ3) is 5.21. The zero-order valence-electron chi connectivity index (χ0n) is 21.6. The lowest BCUT2D eigenvalue weighted by Crippen LogP contribution is -2.43. The van der Waals surface area contributed by atoms with Crippen molar-refractivity contribution in [1.29, 1.82) is 0 Å². The quantitative estimate of drug-likeness (QED) is 0.204. The number of rotatable bonds is 7. The first-order valence-corrected chi connectivity index (χ1v) is 12.2. The number of anilines is 3. The summed E-state index contributed by atoms with van der Waals surface area (Å²) in [5.74, 6) is -5.30. The lowest BCUT2D eigenvalue weighted by atomic mass is 10.1. The van der Waals surface area contributed by atoms with Crippen LogP contribution in [0, 0.1) is 6.92 Å². The molecule has 40 heavy (non-hydrogen) atoms. The molecule has 0 spiro atoms. The molecule has 3 heterocycles. The summed E-state index contributed by atoms with van der Waals surface area (Å²) in [6.07, 6.45) is 5.05. The Hall–Kier alpha value is -5.20. The smallest absolute Gasteiger partial charge is 0.330 e. The van der Waals surface area contributed by atoms with Crippen LogP contribution in [-0.2, 0) is 16.1 Å². The Morgan fingerprint density at radius 2 is 1.68 bits per heavy atom. The second-order valence-electron chi connectivity index (χ2n) is 9.17. The third-order valence-corrected chi connectivity index (χ3v) is 6.41. The van der Waals surface area contributed by atoms with E-state index < -0.39 is 17.6 Å². The second-order valence-corrected chi connectivity index (χ2v) is 9.17.